The summed E-state index contributed by atoms with van der Waals surface area (Å²) < 4.78 is 30.5. The molecule has 0 bridgehead atoms. The van der Waals surface area contributed by atoms with Crippen molar-refractivity contribution >= 4 is 5.97 Å². The van der Waals surface area contributed by atoms with Gasteiger partial charge in [-0.25, -0.2) is 9.18 Å². The molecule has 0 radical (unpaired) electrons. The van der Waals surface area contributed by atoms with E-state index in [9.17, 15) is 9.18 Å². The van der Waals surface area contributed by atoms with E-state index in [1.165, 1.54) is 25.0 Å². The van der Waals surface area contributed by atoms with Gasteiger partial charge in [0.15, 0.2) is 18.2 Å². The minimum atomic E-state index is -1.17. The molecule has 160 valence electrons. The Morgan fingerprint density at radius 2 is 1.65 bits per heavy atom. The number of hydrogen-bond acceptors (Lipinski definition) is 4. The van der Waals surface area contributed by atoms with Crippen LogP contribution in [0.3, 0.4) is 0 Å². The van der Waals surface area contributed by atoms with Crippen molar-refractivity contribution in [2.75, 3.05) is 13.2 Å². The number of benzene rings is 3. The van der Waals surface area contributed by atoms with E-state index in [4.69, 9.17) is 19.3 Å². The van der Waals surface area contributed by atoms with Crippen molar-refractivity contribution in [3.05, 3.63) is 78.1 Å². The third kappa shape index (κ3) is 5.98. The summed E-state index contributed by atoms with van der Waals surface area (Å²) in [7, 11) is 0. The minimum Gasteiger partial charge on any atom is -0.493 e. The largest absolute Gasteiger partial charge is 0.493 e. The number of ether oxygens (including phenoxy) is 3. The van der Waals surface area contributed by atoms with Gasteiger partial charge in [-0.2, -0.15) is 0 Å². The first-order valence-corrected chi connectivity index (χ1v) is 10.2. The number of aliphatic carboxylic acids is 1. The highest BCUT2D eigenvalue weighted by Crippen LogP contribution is 2.31. The number of carbonyl (C=O) groups is 1. The van der Waals surface area contributed by atoms with Gasteiger partial charge in [-0.15, -0.1) is 0 Å². The van der Waals surface area contributed by atoms with Crippen LogP contribution in [0.15, 0.2) is 66.7 Å². The lowest BCUT2D eigenvalue weighted by Gasteiger charge is -2.11. The van der Waals surface area contributed by atoms with Crippen LogP contribution >= 0.6 is 0 Å². The number of rotatable bonds is 10. The zero-order chi connectivity index (χ0) is 21.6. The molecular weight excluding hydrogens is 399 g/mol. The second kappa shape index (κ2) is 9.51. The highest BCUT2D eigenvalue weighted by Gasteiger charge is 2.21. The summed E-state index contributed by atoms with van der Waals surface area (Å²) in [6.45, 7) is 0.436. The van der Waals surface area contributed by atoms with Crippen molar-refractivity contribution in [2.24, 2.45) is 5.92 Å². The highest BCUT2D eigenvalue weighted by molar-refractivity contribution is 5.68. The molecule has 0 aliphatic heterocycles. The average Bonchev–Trinajstić information content (AvgIpc) is 3.60. The molecule has 1 fully saturated rings. The van der Waals surface area contributed by atoms with Gasteiger partial charge < -0.3 is 19.3 Å². The molecule has 0 atom stereocenters. The normalized spacial score (nSPS) is 12.9. The molecule has 0 heterocycles. The van der Waals surface area contributed by atoms with E-state index in [0.29, 0.717) is 11.7 Å². The van der Waals surface area contributed by atoms with Crippen LogP contribution in [0, 0.1) is 11.7 Å². The molecule has 0 aromatic heterocycles. The lowest BCUT2D eigenvalue weighted by Crippen LogP contribution is -2.10. The van der Waals surface area contributed by atoms with E-state index < -0.39 is 18.4 Å². The van der Waals surface area contributed by atoms with E-state index in [2.05, 4.69) is 0 Å². The smallest absolute Gasteiger partial charge is 0.341 e. The predicted octanol–water partition coefficient (Wildman–Crippen LogP) is 5.32. The van der Waals surface area contributed by atoms with Gasteiger partial charge in [0.05, 0.1) is 6.61 Å². The second-order valence-electron chi connectivity index (χ2n) is 7.55. The van der Waals surface area contributed by atoms with Gasteiger partial charge in [0.1, 0.15) is 18.1 Å². The average molecular weight is 422 g/mol. The molecule has 5 nitrogen and oxygen atoms in total. The first-order valence-electron chi connectivity index (χ1n) is 10.2. The fourth-order valence-corrected chi connectivity index (χ4v) is 3.10. The molecule has 31 heavy (non-hydrogen) atoms. The first-order chi connectivity index (χ1) is 15.1. The maximum atomic E-state index is 14.1. The Balaban J connectivity index is 1.39. The number of halogens is 1. The van der Waals surface area contributed by atoms with Crippen LogP contribution in [0.4, 0.5) is 4.39 Å². The van der Waals surface area contributed by atoms with Gasteiger partial charge in [-0.1, -0.05) is 30.3 Å². The standard InChI is InChI=1S/C25H23FO5/c26-23-13-22(9-10-24(23)31-16-25(27)28)30-15-18-3-1-4-19(11-18)20-5-2-6-21(12-20)29-14-17-7-8-17/h1-6,9-13,17H,7-8,14-16H2,(H,27,28). The third-order valence-corrected chi connectivity index (χ3v) is 4.94. The number of carboxylic acids is 1. The molecule has 3 aromatic carbocycles. The Bertz CT molecular complexity index is 1060. The van der Waals surface area contributed by atoms with E-state index >= 15 is 0 Å². The fourth-order valence-electron chi connectivity index (χ4n) is 3.10. The molecule has 0 spiro atoms. The van der Waals surface area contributed by atoms with Gasteiger partial charge in [0.25, 0.3) is 0 Å². The summed E-state index contributed by atoms with van der Waals surface area (Å²) >= 11 is 0. The molecular formula is C25H23FO5. The van der Waals surface area contributed by atoms with Crippen molar-refractivity contribution in [1.29, 1.82) is 0 Å². The summed E-state index contributed by atoms with van der Waals surface area (Å²) in [5, 5.41) is 8.62. The molecule has 1 saturated carbocycles. The number of hydrogen-bond donors (Lipinski definition) is 1. The molecule has 0 unspecified atom stereocenters. The Morgan fingerprint density at radius 3 is 2.39 bits per heavy atom. The van der Waals surface area contributed by atoms with Crippen molar-refractivity contribution in [3.63, 3.8) is 0 Å². The van der Waals surface area contributed by atoms with E-state index in [0.717, 1.165) is 29.0 Å². The highest BCUT2D eigenvalue weighted by atomic mass is 19.1. The first kappa shape index (κ1) is 20.7. The van der Waals surface area contributed by atoms with Crippen molar-refractivity contribution < 1.29 is 28.5 Å². The zero-order valence-electron chi connectivity index (χ0n) is 16.9. The number of carboxylic acid groups (broad SMARTS) is 1. The van der Waals surface area contributed by atoms with Crippen molar-refractivity contribution in [3.8, 4) is 28.4 Å². The van der Waals surface area contributed by atoms with Crippen LogP contribution in [0.5, 0.6) is 17.2 Å². The van der Waals surface area contributed by atoms with E-state index in [-0.39, 0.29) is 12.4 Å². The summed E-state index contributed by atoms with van der Waals surface area (Å²) in [6, 6.07) is 20.1. The molecule has 1 aliphatic carbocycles. The summed E-state index contributed by atoms with van der Waals surface area (Å²) in [5.74, 6) is -0.0600. The summed E-state index contributed by atoms with van der Waals surface area (Å²) in [6.07, 6.45) is 2.51. The maximum Gasteiger partial charge on any atom is 0.341 e. The van der Waals surface area contributed by atoms with Crippen LogP contribution in [0.25, 0.3) is 11.1 Å². The van der Waals surface area contributed by atoms with Crippen LogP contribution in [0.2, 0.25) is 0 Å². The molecule has 1 N–H and O–H groups in total. The quantitative estimate of drug-likeness (QED) is 0.479. The van der Waals surface area contributed by atoms with Crippen LogP contribution < -0.4 is 14.2 Å². The Kier molecular flexibility index (Phi) is 6.36. The Labute approximate surface area is 180 Å². The Hall–Kier alpha value is -3.54. The van der Waals surface area contributed by atoms with Crippen molar-refractivity contribution in [1.82, 2.24) is 0 Å². The predicted molar refractivity (Wildman–Crippen MR) is 114 cm³/mol. The summed E-state index contributed by atoms with van der Waals surface area (Å²) in [4.78, 5) is 10.5. The van der Waals surface area contributed by atoms with Crippen LogP contribution in [0.1, 0.15) is 18.4 Å². The lowest BCUT2D eigenvalue weighted by molar-refractivity contribution is -0.139. The second-order valence-corrected chi connectivity index (χ2v) is 7.55. The fraction of sp³-hybridized carbons (Fsp3) is 0.240. The van der Waals surface area contributed by atoms with E-state index in [1.807, 2.05) is 48.5 Å². The molecule has 3 aromatic rings. The molecule has 0 saturated heterocycles. The zero-order valence-corrected chi connectivity index (χ0v) is 16.9. The van der Waals surface area contributed by atoms with E-state index in [1.54, 1.807) is 6.07 Å². The third-order valence-electron chi connectivity index (χ3n) is 4.94. The molecule has 1 aliphatic rings. The molecule has 6 heteroatoms. The van der Waals surface area contributed by atoms with Gasteiger partial charge >= 0.3 is 5.97 Å². The maximum absolute atomic E-state index is 14.1. The summed E-state index contributed by atoms with van der Waals surface area (Å²) in [5.41, 5.74) is 3.04. The minimum absolute atomic E-state index is 0.125. The van der Waals surface area contributed by atoms with Gasteiger partial charge in [0.2, 0.25) is 0 Å². The van der Waals surface area contributed by atoms with Gasteiger partial charge in [-0.05, 0) is 65.8 Å². The van der Waals surface area contributed by atoms with Crippen LogP contribution in [-0.4, -0.2) is 24.3 Å². The topological polar surface area (TPSA) is 65.0 Å². The SMILES string of the molecule is O=C(O)COc1ccc(OCc2cccc(-c3cccc(OCC4CC4)c3)c2)cc1F. The molecule has 0 amide bonds. The lowest BCUT2D eigenvalue weighted by atomic mass is 10.0. The van der Waals surface area contributed by atoms with Crippen molar-refractivity contribution in [2.45, 2.75) is 19.4 Å². The van der Waals surface area contributed by atoms with Gasteiger partial charge in [-0.3, -0.25) is 0 Å². The van der Waals surface area contributed by atoms with Gasteiger partial charge in [0, 0.05) is 6.07 Å². The Morgan fingerprint density at radius 1 is 0.903 bits per heavy atom. The van der Waals surface area contributed by atoms with Crippen LogP contribution in [-0.2, 0) is 11.4 Å². The monoisotopic (exact) mass is 422 g/mol. The molecule has 4 rings (SSSR count).